The van der Waals surface area contributed by atoms with Gasteiger partial charge in [0.05, 0.1) is 18.7 Å². The van der Waals surface area contributed by atoms with Crippen LogP contribution in [0.1, 0.15) is 37.4 Å². The summed E-state index contributed by atoms with van der Waals surface area (Å²) in [7, 11) is 1.28. The van der Waals surface area contributed by atoms with E-state index in [0.717, 1.165) is 6.07 Å². The van der Waals surface area contributed by atoms with Crippen LogP contribution in [0.4, 0.5) is 23.2 Å². The van der Waals surface area contributed by atoms with Crippen LogP contribution in [0.3, 0.4) is 0 Å². The third-order valence-electron chi connectivity index (χ3n) is 6.11. The molecule has 0 saturated heterocycles. The molecule has 0 fully saturated rings. The maximum absolute atomic E-state index is 14.6. The number of rotatable bonds is 3. The molecule has 2 aromatic carbocycles. The van der Waals surface area contributed by atoms with Crippen molar-refractivity contribution in [3.05, 3.63) is 69.8 Å². The van der Waals surface area contributed by atoms with E-state index in [2.05, 4.69) is 10.3 Å². The van der Waals surface area contributed by atoms with Gasteiger partial charge in [-0.2, -0.15) is 13.2 Å². The molecule has 32 heavy (non-hydrogen) atoms. The number of aromatic amines is 1. The highest BCUT2D eigenvalue weighted by Gasteiger charge is 2.64. The lowest BCUT2D eigenvalue weighted by molar-refractivity contribution is -0.275. The number of anilines is 1. The number of nitrogens with one attached hydrogen (secondary N) is 2. The number of pyridine rings is 1. The number of aromatic nitrogens is 1. The minimum absolute atomic E-state index is 0.0131. The molecule has 0 spiro atoms. The zero-order valence-corrected chi connectivity index (χ0v) is 17.6. The number of methoxy groups -OCH3 is 1. The summed E-state index contributed by atoms with van der Waals surface area (Å²) >= 11 is 0. The molecule has 0 amide bonds. The van der Waals surface area contributed by atoms with Gasteiger partial charge in [-0.3, -0.25) is 4.79 Å². The molecular weight excluding hydrogens is 428 g/mol. The quantitative estimate of drug-likeness (QED) is 0.501. The average Bonchev–Trinajstić information content (AvgIpc) is 2.69. The predicted octanol–water partition coefficient (Wildman–Crippen LogP) is 4.80. The van der Waals surface area contributed by atoms with Gasteiger partial charge in [0.15, 0.2) is 17.2 Å². The topological polar surface area (TPSA) is 74.3 Å². The lowest BCUT2D eigenvalue weighted by atomic mass is 9.63. The van der Waals surface area contributed by atoms with E-state index < -0.39 is 35.5 Å². The molecular formula is C23H22F4N2O3. The summed E-state index contributed by atoms with van der Waals surface area (Å²) in [4.78, 5) is 14.3. The molecule has 2 unspecified atom stereocenters. The highest BCUT2D eigenvalue weighted by Crippen LogP contribution is 2.55. The van der Waals surface area contributed by atoms with E-state index in [1.807, 2.05) is 0 Å². The smallest absolute Gasteiger partial charge is 0.419 e. The Labute approximate surface area is 181 Å². The molecule has 0 aliphatic heterocycles. The van der Waals surface area contributed by atoms with E-state index in [9.17, 15) is 27.5 Å². The number of fused-ring (bicyclic) bond motifs is 2. The van der Waals surface area contributed by atoms with Crippen LogP contribution in [0, 0.1) is 5.82 Å². The molecule has 4 rings (SSSR count). The molecule has 5 nitrogen and oxygen atoms in total. The van der Waals surface area contributed by atoms with Gasteiger partial charge in [-0.25, -0.2) is 4.39 Å². The van der Waals surface area contributed by atoms with E-state index in [4.69, 9.17) is 4.74 Å². The molecule has 0 saturated carbocycles. The molecule has 3 N–H and O–H groups in total. The summed E-state index contributed by atoms with van der Waals surface area (Å²) in [5.74, 6) is -0.918. The third-order valence-corrected chi connectivity index (χ3v) is 6.11. The van der Waals surface area contributed by atoms with E-state index in [1.54, 1.807) is 26.0 Å². The molecule has 1 aromatic heterocycles. The second-order valence-electron chi connectivity index (χ2n) is 8.72. The van der Waals surface area contributed by atoms with Crippen LogP contribution in [0.25, 0.3) is 10.9 Å². The molecule has 0 radical (unpaired) electrons. The van der Waals surface area contributed by atoms with E-state index in [1.165, 1.54) is 31.4 Å². The summed E-state index contributed by atoms with van der Waals surface area (Å²) in [5.41, 5.74) is -3.57. The fraction of sp³-hybridized carbons (Fsp3) is 0.348. The van der Waals surface area contributed by atoms with E-state index >= 15 is 0 Å². The van der Waals surface area contributed by atoms with Crippen molar-refractivity contribution in [1.29, 1.82) is 0 Å². The van der Waals surface area contributed by atoms with Crippen LogP contribution >= 0.6 is 0 Å². The summed E-state index contributed by atoms with van der Waals surface area (Å²) in [6.45, 7) is 3.14. The largest absolute Gasteiger partial charge is 0.494 e. The maximum Gasteiger partial charge on any atom is 0.419 e. The standard InChI is InChI=1S/C23H22F4N2O3/c1-21(2)11-22(31,23(25,26)27)20(13-9-15(24)18(32-3)10-14(13)21)29-17-6-4-5-16-12(17)7-8-19(30)28-16/h4-10,20,29,31H,11H2,1-3H3,(H,28,30). The second-order valence-corrected chi connectivity index (χ2v) is 8.72. The first-order chi connectivity index (χ1) is 14.9. The Hall–Kier alpha value is -3.07. The summed E-state index contributed by atoms with van der Waals surface area (Å²) in [6.07, 6.45) is -5.65. The first-order valence-corrected chi connectivity index (χ1v) is 9.93. The van der Waals surface area contributed by atoms with Crippen LogP contribution in [0.15, 0.2) is 47.3 Å². The van der Waals surface area contributed by atoms with E-state index in [-0.39, 0.29) is 22.6 Å². The molecule has 2 atom stereocenters. The van der Waals surface area contributed by atoms with Crippen LogP contribution in [-0.2, 0) is 5.41 Å². The Bertz CT molecular complexity index is 1250. The molecule has 1 heterocycles. The summed E-state index contributed by atoms with van der Waals surface area (Å²) < 4.78 is 62.5. The van der Waals surface area contributed by atoms with Crippen molar-refractivity contribution in [2.75, 3.05) is 12.4 Å². The van der Waals surface area contributed by atoms with E-state index in [0.29, 0.717) is 16.5 Å². The third kappa shape index (κ3) is 3.40. The Morgan fingerprint density at radius 2 is 1.91 bits per heavy atom. The Morgan fingerprint density at radius 1 is 1.19 bits per heavy atom. The lowest BCUT2D eigenvalue weighted by Crippen LogP contribution is -2.58. The van der Waals surface area contributed by atoms with Crippen LogP contribution in [0.2, 0.25) is 0 Å². The van der Waals surface area contributed by atoms with Crippen molar-refractivity contribution < 1.29 is 27.4 Å². The van der Waals surface area contributed by atoms with Crippen molar-refractivity contribution in [3.8, 4) is 5.75 Å². The fourth-order valence-corrected chi connectivity index (χ4v) is 4.61. The molecule has 170 valence electrons. The van der Waals surface area contributed by atoms with Crippen molar-refractivity contribution in [2.24, 2.45) is 0 Å². The molecule has 0 bridgehead atoms. The van der Waals surface area contributed by atoms with Crippen molar-refractivity contribution >= 4 is 16.6 Å². The number of aliphatic hydroxyl groups is 1. The molecule has 3 aromatic rings. The maximum atomic E-state index is 14.6. The number of hydrogen-bond donors (Lipinski definition) is 3. The van der Waals surface area contributed by atoms with Gasteiger partial charge in [0.2, 0.25) is 5.56 Å². The normalized spacial score (nSPS) is 22.4. The minimum Gasteiger partial charge on any atom is -0.494 e. The Morgan fingerprint density at radius 3 is 2.56 bits per heavy atom. The first kappa shape index (κ1) is 22.1. The first-order valence-electron chi connectivity index (χ1n) is 9.93. The van der Waals surface area contributed by atoms with Gasteiger partial charge in [-0.05, 0) is 53.3 Å². The van der Waals surface area contributed by atoms with Crippen LogP contribution in [-0.4, -0.2) is 29.0 Å². The molecule has 1 aliphatic rings. The van der Waals surface area contributed by atoms with Crippen molar-refractivity contribution in [1.82, 2.24) is 4.98 Å². The second kappa shape index (κ2) is 7.23. The van der Waals surface area contributed by atoms with Gasteiger partial charge in [0.25, 0.3) is 0 Å². The molecule has 9 heteroatoms. The minimum atomic E-state index is -5.01. The SMILES string of the molecule is COc1cc2c(cc1F)C(Nc1cccc3[nH]c(=O)ccc13)C(O)(C(F)(F)F)CC2(C)C. The number of hydrogen-bond acceptors (Lipinski definition) is 4. The van der Waals surface area contributed by atoms with Crippen molar-refractivity contribution in [3.63, 3.8) is 0 Å². The highest BCUT2D eigenvalue weighted by molar-refractivity contribution is 5.91. The van der Waals surface area contributed by atoms with Crippen LogP contribution < -0.4 is 15.6 Å². The summed E-state index contributed by atoms with van der Waals surface area (Å²) in [5, 5.41) is 14.3. The fourth-order valence-electron chi connectivity index (χ4n) is 4.61. The molecule has 1 aliphatic carbocycles. The van der Waals surface area contributed by atoms with Gasteiger partial charge < -0.3 is 20.1 Å². The van der Waals surface area contributed by atoms with Gasteiger partial charge in [0, 0.05) is 17.1 Å². The zero-order chi connectivity index (χ0) is 23.5. The number of benzene rings is 2. The van der Waals surface area contributed by atoms with Crippen molar-refractivity contribution in [2.45, 2.75) is 43.5 Å². The van der Waals surface area contributed by atoms with Crippen LogP contribution in [0.5, 0.6) is 5.75 Å². The summed E-state index contributed by atoms with van der Waals surface area (Å²) in [6, 6.07) is 8.11. The predicted molar refractivity (Wildman–Crippen MR) is 113 cm³/mol. The zero-order valence-electron chi connectivity index (χ0n) is 17.6. The number of ether oxygens (including phenoxy) is 1. The number of H-pyrrole nitrogens is 1. The monoisotopic (exact) mass is 450 g/mol. The van der Waals surface area contributed by atoms with Gasteiger partial charge in [0.1, 0.15) is 0 Å². The Balaban J connectivity index is 1.96. The Kier molecular flexibility index (Phi) is 5.00. The van der Waals surface area contributed by atoms with Gasteiger partial charge >= 0.3 is 6.18 Å². The average molecular weight is 450 g/mol. The number of alkyl halides is 3. The lowest BCUT2D eigenvalue weighted by Gasteiger charge is -2.49. The van der Waals surface area contributed by atoms with Gasteiger partial charge in [-0.15, -0.1) is 0 Å². The van der Waals surface area contributed by atoms with Gasteiger partial charge in [-0.1, -0.05) is 19.9 Å². The highest BCUT2D eigenvalue weighted by atomic mass is 19.4. The number of halogens is 4.